The predicted molar refractivity (Wildman–Crippen MR) is 66.7 cm³/mol. The second kappa shape index (κ2) is 14.2. The van der Waals surface area contributed by atoms with Crippen LogP contribution in [0.2, 0.25) is 0 Å². The zero-order valence-electron chi connectivity index (χ0n) is 6.27. The van der Waals surface area contributed by atoms with Gasteiger partial charge in [-0.1, -0.05) is 16.8 Å². The summed E-state index contributed by atoms with van der Waals surface area (Å²) < 4.78 is 0. The maximum absolute atomic E-state index is 2.00. The molecule has 0 saturated heterocycles. The summed E-state index contributed by atoms with van der Waals surface area (Å²) in [4.78, 5) is 0. The van der Waals surface area contributed by atoms with Gasteiger partial charge in [-0.05, 0) is 0 Å². The average Bonchev–Trinajstić information content (AvgIpc) is 2.67. The van der Waals surface area contributed by atoms with E-state index in [1.54, 1.807) is 0 Å². The Morgan fingerprint density at radius 2 is 0.769 bits per heavy atom. The zero-order valence-corrected chi connectivity index (χ0v) is 8.73. The molecule has 0 aliphatic rings. The summed E-state index contributed by atoms with van der Waals surface area (Å²) in [6.45, 7) is 0. The van der Waals surface area contributed by atoms with Crippen molar-refractivity contribution < 1.29 is 26.2 Å². The van der Waals surface area contributed by atoms with E-state index < -0.39 is 0 Å². The van der Waals surface area contributed by atoms with Gasteiger partial charge in [0.1, 0.15) is 0 Å². The minimum absolute atomic E-state index is 0. The van der Waals surface area contributed by atoms with E-state index in [2.05, 4.69) is 0 Å². The van der Waals surface area contributed by atoms with Gasteiger partial charge < -0.3 is 0 Å². The van der Waals surface area contributed by atoms with Crippen molar-refractivity contribution in [2.45, 2.75) is 0 Å². The summed E-state index contributed by atoms with van der Waals surface area (Å²) in [6.07, 6.45) is 0. The van der Waals surface area contributed by atoms with Crippen LogP contribution in [0.3, 0.4) is 0 Å². The van der Waals surface area contributed by atoms with Crippen LogP contribution in [0.4, 0.5) is 0 Å². The molecule has 3 heteroatoms. The molecule has 0 N–H and O–H groups in total. The van der Waals surface area contributed by atoms with Gasteiger partial charge in [-0.15, -0.1) is 0 Å². The molecule has 0 nitrogen and oxygen atoms in total. The van der Waals surface area contributed by atoms with E-state index in [0.29, 0.717) is 0 Å². The number of rotatable bonds is 0. The van der Waals surface area contributed by atoms with Gasteiger partial charge in [-0.2, -0.15) is 36.4 Å². The summed E-state index contributed by atoms with van der Waals surface area (Å²) in [5, 5.41) is 0. The molecule has 0 radical (unpaired) electrons. The first-order chi connectivity index (χ1) is 5.00. The molecule has 0 amide bonds. The Labute approximate surface area is 103 Å². The van der Waals surface area contributed by atoms with Crippen LogP contribution < -0.4 is 0 Å². The molecule has 0 bridgehead atoms. The monoisotopic (exact) mass is 250 g/mol. The molecule has 0 heterocycles. The molecule has 0 unspecified atom stereocenters. The molecule has 13 heavy (non-hydrogen) atoms. The largest absolute Gasteiger partial charge is 2.00 e. The minimum Gasteiger partial charge on any atom is -0.214 e. The topological polar surface area (TPSA) is 0 Å². The number of hydrogen-bond acceptors (Lipinski definition) is 0. The van der Waals surface area contributed by atoms with Gasteiger partial charge in [0.2, 0.25) is 0 Å². The molecule has 0 aromatic heterocycles. The van der Waals surface area contributed by atoms with Gasteiger partial charge in [0.15, 0.2) is 0 Å². The van der Waals surface area contributed by atoms with Crippen molar-refractivity contribution in [2.75, 3.05) is 0 Å². The van der Waals surface area contributed by atoms with Crippen LogP contribution in [-0.4, -0.2) is 16.8 Å². The molecule has 0 aliphatic carbocycles. The van der Waals surface area contributed by atoms with Gasteiger partial charge in [0.05, 0.1) is 0 Å². The fourth-order valence-corrected chi connectivity index (χ4v) is 0.642. The molecule has 70 valence electrons. The van der Waals surface area contributed by atoms with E-state index >= 15 is 0 Å². The molecule has 0 aliphatic heterocycles. The van der Waals surface area contributed by atoms with Crippen LogP contribution in [0.5, 0.6) is 0 Å². The molecule has 2 rings (SSSR count). The standard InChI is InChI=1S/2C5H5.2BH4.Zr/c2*1-2-4-5-3-1;;;/h2*1-5H;2*1H4;/q4*-1;+2. The Morgan fingerprint density at radius 1 is 0.538 bits per heavy atom. The van der Waals surface area contributed by atoms with E-state index in [1.807, 2.05) is 60.7 Å². The predicted octanol–water partition coefficient (Wildman–Crippen LogP) is -0.0947. The fourth-order valence-electron chi connectivity index (χ4n) is 0.642. The van der Waals surface area contributed by atoms with Crippen LogP contribution in [0.1, 0.15) is 0 Å². The second-order valence-corrected chi connectivity index (χ2v) is 1.92. The smallest absolute Gasteiger partial charge is 0.214 e. The third-order valence-electron chi connectivity index (χ3n) is 1.11. The van der Waals surface area contributed by atoms with E-state index in [4.69, 9.17) is 0 Å². The van der Waals surface area contributed by atoms with E-state index in [0.717, 1.165) is 0 Å². The van der Waals surface area contributed by atoms with Gasteiger partial charge in [-0.25, -0.2) is 24.3 Å². The quantitative estimate of drug-likeness (QED) is 0.453. The van der Waals surface area contributed by atoms with Crippen LogP contribution in [0.25, 0.3) is 0 Å². The van der Waals surface area contributed by atoms with Crippen LogP contribution in [0.15, 0.2) is 60.7 Å². The fraction of sp³-hybridized carbons (Fsp3) is 0. The first kappa shape index (κ1) is 18.5. The SMILES string of the molecule is [BH4-].[BH4-].[Zr+2].c1cc[cH-]c1.c1cc[cH-]c1. The van der Waals surface area contributed by atoms with E-state index in [9.17, 15) is 0 Å². The first-order valence-electron chi connectivity index (χ1n) is 3.33. The third-order valence-corrected chi connectivity index (χ3v) is 1.11. The number of hydrogen-bond donors (Lipinski definition) is 0. The van der Waals surface area contributed by atoms with E-state index in [-0.39, 0.29) is 43.0 Å². The summed E-state index contributed by atoms with van der Waals surface area (Å²) in [5.74, 6) is 0. The van der Waals surface area contributed by atoms with Crippen molar-refractivity contribution in [1.82, 2.24) is 0 Å². The molecule has 0 atom stereocenters. The molecule has 0 spiro atoms. The zero-order chi connectivity index (χ0) is 7.07. The van der Waals surface area contributed by atoms with Crippen molar-refractivity contribution in [2.24, 2.45) is 0 Å². The van der Waals surface area contributed by atoms with Crippen molar-refractivity contribution in [3.8, 4) is 0 Å². The Kier molecular flexibility index (Phi) is 20.3. The summed E-state index contributed by atoms with van der Waals surface area (Å²) in [7, 11) is 0. The first-order valence-corrected chi connectivity index (χ1v) is 3.33. The molecular weight excluding hydrogens is 233 g/mol. The van der Waals surface area contributed by atoms with Gasteiger partial charge in [0.25, 0.3) is 0 Å². The molecule has 2 aromatic rings. The maximum atomic E-state index is 2.00. The Morgan fingerprint density at radius 3 is 0.846 bits per heavy atom. The van der Waals surface area contributed by atoms with Gasteiger partial charge >= 0.3 is 26.2 Å². The Balaban J connectivity index is -0.000000125. The Bertz CT molecular complexity index is 152. The summed E-state index contributed by atoms with van der Waals surface area (Å²) >= 11 is 0. The summed E-state index contributed by atoms with van der Waals surface area (Å²) in [6, 6.07) is 20.0. The molecular formula is C10H18B2Zr-2. The average molecular weight is 251 g/mol. The van der Waals surface area contributed by atoms with Crippen LogP contribution >= 0.6 is 0 Å². The van der Waals surface area contributed by atoms with Crippen molar-refractivity contribution in [1.29, 1.82) is 0 Å². The van der Waals surface area contributed by atoms with Crippen LogP contribution in [0, 0.1) is 0 Å². The van der Waals surface area contributed by atoms with Crippen molar-refractivity contribution >= 4 is 16.8 Å². The molecule has 0 fully saturated rings. The van der Waals surface area contributed by atoms with Gasteiger partial charge in [-0.3, -0.25) is 0 Å². The van der Waals surface area contributed by atoms with Crippen LogP contribution in [-0.2, 0) is 26.2 Å². The third kappa shape index (κ3) is 11.7. The molecule has 0 saturated carbocycles. The molecule has 2 aromatic carbocycles. The van der Waals surface area contributed by atoms with Gasteiger partial charge in [0, 0.05) is 0 Å². The minimum atomic E-state index is 0. The Hall–Kier alpha value is -0.287. The van der Waals surface area contributed by atoms with Crippen molar-refractivity contribution in [3.05, 3.63) is 60.7 Å². The maximum Gasteiger partial charge on any atom is 2.00 e. The second-order valence-electron chi connectivity index (χ2n) is 1.92. The van der Waals surface area contributed by atoms with Crippen molar-refractivity contribution in [3.63, 3.8) is 0 Å². The summed E-state index contributed by atoms with van der Waals surface area (Å²) in [5.41, 5.74) is 0. The normalized spacial score (nSPS) is 6.15. The van der Waals surface area contributed by atoms with E-state index in [1.165, 1.54) is 0 Å².